The van der Waals surface area contributed by atoms with Crippen molar-refractivity contribution in [1.82, 2.24) is 14.9 Å². The third kappa shape index (κ3) is 6.20. The van der Waals surface area contributed by atoms with Crippen molar-refractivity contribution in [1.29, 1.82) is 0 Å². The minimum absolute atomic E-state index is 0.0324. The van der Waals surface area contributed by atoms with Crippen molar-refractivity contribution in [3.63, 3.8) is 0 Å². The number of para-hydroxylation sites is 1. The maximum absolute atomic E-state index is 13.0. The molecule has 164 valence electrons. The van der Waals surface area contributed by atoms with E-state index >= 15 is 0 Å². The lowest BCUT2D eigenvalue weighted by Crippen LogP contribution is -2.38. The molecule has 0 aliphatic rings. The number of carbonyl (C=O) groups is 1. The van der Waals surface area contributed by atoms with E-state index in [1.165, 1.54) is 17.3 Å². The molecule has 2 atom stereocenters. The second kappa shape index (κ2) is 11.1. The van der Waals surface area contributed by atoms with Crippen LogP contribution in [0.1, 0.15) is 45.6 Å². The zero-order valence-corrected chi connectivity index (χ0v) is 19.3. The number of hydrogen-bond acceptors (Lipinski definition) is 4. The molecule has 1 N–H and O–H groups in total. The fraction of sp³-hybridized carbons (Fsp3) is 0.400. The summed E-state index contributed by atoms with van der Waals surface area (Å²) in [4.78, 5) is 30.5. The van der Waals surface area contributed by atoms with Crippen LogP contribution in [0.3, 0.4) is 0 Å². The van der Waals surface area contributed by atoms with E-state index in [9.17, 15) is 9.59 Å². The molecular formula is C25H31N3O2S. The predicted octanol–water partition coefficient (Wildman–Crippen LogP) is 4.81. The van der Waals surface area contributed by atoms with Crippen LogP contribution in [0.25, 0.3) is 10.9 Å². The highest BCUT2D eigenvalue weighted by atomic mass is 32.2. The molecule has 3 rings (SSSR count). The first-order valence-electron chi connectivity index (χ1n) is 11.0. The van der Waals surface area contributed by atoms with Crippen molar-refractivity contribution >= 4 is 28.6 Å². The first kappa shape index (κ1) is 23.1. The van der Waals surface area contributed by atoms with Crippen LogP contribution in [-0.2, 0) is 17.8 Å². The molecule has 2 unspecified atom stereocenters. The van der Waals surface area contributed by atoms with Crippen LogP contribution in [0.15, 0.2) is 64.5 Å². The Balaban J connectivity index is 1.68. The molecule has 5 nitrogen and oxygen atoms in total. The summed E-state index contributed by atoms with van der Waals surface area (Å²) in [7, 11) is 0. The average Bonchev–Trinajstić information content (AvgIpc) is 2.78. The lowest BCUT2D eigenvalue weighted by molar-refractivity contribution is -0.120. The minimum atomic E-state index is -0.347. The van der Waals surface area contributed by atoms with Gasteiger partial charge in [0.2, 0.25) is 5.91 Å². The molecule has 31 heavy (non-hydrogen) atoms. The smallest absolute Gasteiger partial charge is 0.262 e. The molecule has 0 aliphatic heterocycles. The number of thioether (sulfide) groups is 1. The summed E-state index contributed by atoms with van der Waals surface area (Å²) in [6.07, 6.45) is 3.68. The number of aromatic nitrogens is 2. The number of unbranched alkanes of at least 4 members (excludes halogenated alkanes) is 1. The fourth-order valence-corrected chi connectivity index (χ4v) is 4.37. The van der Waals surface area contributed by atoms with Gasteiger partial charge in [0.25, 0.3) is 5.56 Å². The highest BCUT2D eigenvalue weighted by molar-refractivity contribution is 8.00. The Morgan fingerprint density at radius 1 is 1.10 bits per heavy atom. The summed E-state index contributed by atoms with van der Waals surface area (Å²) in [5, 5.41) is 3.99. The van der Waals surface area contributed by atoms with Crippen LogP contribution in [0, 0.1) is 0 Å². The number of benzene rings is 2. The van der Waals surface area contributed by atoms with E-state index in [0.717, 1.165) is 25.7 Å². The third-order valence-electron chi connectivity index (χ3n) is 5.31. The molecule has 1 aromatic heterocycles. The Hall–Kier alpha value is -2.60. The predicted molar refractivity (Wildman–Crippen MR) is 129 cm³/mol. The molecular weight excluding hydrogens is 406 g/mol. The summed E-state index contributed by atoms with van der Waals surface area (Å²) in [5.41, 5.74) is 1.91. The SMILES string of the molecule is CCCCn1c(SC(C)C(=O)NC(C)CCc2ccccc2)nc2ccccc2c1=O. The van der Waals surface area contributed by atoms with Gasteiger partial charge in [-0.05, 0) is 50.8 Å². The lowest BCUT2D eigenvalue weighted by atomic mass is 10.1. The van der Waals surface area contributed by atoms with Crippen LogP contribution < -0.4 is 10.9 Å². The maximum Gasteiger partial charge on any atom is 0.262 e. The molecule has 2 aromatic carbocycles. The Morgan fingerprint density at radius 3 is 2.55 bits per heavy atom. The summed E-state index contributed by atoms with van der Waals surface area (Å²) >= 11 is 1.35. The molecule has 6 heteroatoms. The molecule has 1 amide bonds. The number of aryl methyl sites for hydroxylation is 1. The van der Waals surface area contributed by atoms with E-state index in [2.05, 4.69) is 24.4 Å². The Morgan fingerprint density at radius 2 is 1.81 bits per heavy atom. The van der Waals surface area contributed by atoms with Gasteiger partial charge in [-0.2, -0.15) is 0 Å². The molecule has 1 heterocycles. The monoisotopic (exact) mass is 437 g/mol. The number of nitrogens with zero attached hydrogens (tertiary/aromatic N) is 2. The molecule has 0 saturated heterocycles. The first-order chi connectivity index (χ1) is 15.0. The van der Waals surface area contributed by atoms with Gasteiger partial charge in [0, 0.05) is 12.6 Å². The number of amides is 1. The molecule has 3 aromatic rings. The van der Waals surface area contributed by atoms with Crippen molar-refractivity contribution in [2.75, 3.05) is 0 Å². The number of hydrogen-bond donors (Lipinski definition) is 1. The average molecular weight is 438 g/mol. The highest BCUT2D eigenvalue weighted by Gasteiger charge is 2.20. The lowest BCUT2D eigenvalue weighted by Gasteiger charge is -2.19. The standard InChI is InChI=1S/C25H31N3O2S/c1-4-5-17-28-24(30)21-13-9-10-14-22(21)27-25(28)31-19(3)23(29)26-18(2)15-16-20-11-7-6-8-12-20/h6-14,18-19H,4-5,15-17H2,1-3H3,(H,26,29). The fourth-order valence-electron chi connectivity index (χ4n) is 3.42. The van der Waals surface area contributed by atoms with E-state index in [0.29, 0.717) is 22.6 Å². The van der Waals surface area contributed by atoms with Gasteiger partial charge in [0.05, 0.1) is 16.2 Å². The van der Waals surface area contributed by atoms with Crippen LogP contribution in [0.4, 0.5) is 0 Å². The molecule has 0 bridgehead atoms. The van der Waals surface area contributed by atoms with Crippen LogP contribution in [0.5, 0.6) is 0 Å². The Bertz CT molecular complexity index is 1070. The van der Waals surface area contributed by atoms with Gasteiger partial charge >= 0.3 is 0 Å². The minimum Gasteiger partial charge on any atom is -0.353 e. The summed E-state index contributed by atoms with van der Waals surface area (Å²) in [6.45, 7) is 6.61. The van der Waals surface area contributed by atoms with Crippen molar-refractivity contribution in [2.45, 2.75) is 69.4 Å². The van der Waals surface area contributed by atoms with E-state index in [1.54, 1.807) is 4.57 Å². The van der Waals surface area contributed by atoms with Gasteiger partial charge < -0.3 is 5.32 Å². The van der Waals surface area contributed by atoms with Crippen molar-refractivity contribution in [3.05, 3.63) is 70.5 Å². The number of nitrogens with one attached hydrogen (secondary N) is 1. The Kier molecular flexibility index (Phi) is 8.29. The largest absolute Gasteiger partial charge is 0.353 e. The van der Waals surface area contributed by atoms with Gasteiger partial charge in [-0.25, -0.2) is 4.98 Å². The van der Waals surface area contributed by atoms with Crippen molar-refractivity contribution in [2.24, 2.45) is 0 Å². The van der Waals surface area contributed by atoms with Gasteiger partial charge in [-0.1, -0.05) is 67.6 Å². The van der Waals surface area contributed by atoms with E-state index in [4.69, 9.17) is 4.98 Å². The van der Waals surface area contributed by atoms with E-state index in [-0.39, 0.29) is 22.8 Å². The van der Waals surface area contributed by atoms with Gasteiger partial charge in [-0.15, -0.1) is 0 Å². The summed E-state index contributed by atoms with van der Waals surface area (Å²) in [6, 6.07) is 17.8. The zero-order valence-electron chi connectivity index (χ0n) is 18.5. The Labute approximate surface area is 188 Å². The zero-order chi connectivity index (χ0) is 22.2. The van der Waals surface area contributed by atoms with E-state index in [1.807, 2.05) is 56.3 Å². The van der Waals surface area contributed by atoms with E-state index < -0.39 is 0 Å². The molecule has 0 fully saturated rings. The molecule has 0 saturated carbocycles. The quantitative estimate of drug-likeness (QED) is 0.365. The van der Waals surface area contributed by atoms with Gasteiger partial charge in [-0.3, -0.25) is 14.2 Å². The third-order valence-corrected chi connectivity index (χ3v) is 6.40. The molecule has 0 spiro atoms. The number of fused-ring (bicyclic) bond motifs is 1. The second-order valence-electron chi connectivity index (χ2n) is 7.92. The summed E-state index contributed by atoms with van der Waals surface area (Å²) < 4.78 is 1.72. The second-order valence-corrected chi connectivity index (χ2v) is 9.22. The first-order valence-corrected chi connectivity index (χ1v) is 11.9. The number of rotatable bonds is 10. The van der Waals surface area contributed by atoms with Crippen LogP contribution >= 0.6 is 11.8 Å². The van der Waals surface area contributed by atoms with Crippen molar-refractivity contribution in [3.8, 4) is 0 Å². The van der Waals surface area contributed by atoms with Gasteiger partial charge in [0.15, 0.2) is 5.16 Å². The summed E-state index contributed by atoms with van der Waals surface area (Å²) in [5.74, 6) is -0.0324. The normalized spacial score (nSPS) is 13.1. The number of carbonyl (C=O) groups excluding carboxylic acids is 1. The topological polar surface area (TPSA) is 64.0 Å². The molecule has 0 aliphatic carbocycles. The van der Waals surface area contributed by atoms with Crippen molar-refractivity contribution < 1.29 is 4.79 Å². The highest BCUT2D eigenvalue weighted by Crippen LogP contribution is 2.23. The maximum atomic E-state index is 13.0. The van der Waals surface area contributed by atoms with Crippen LogP contribution in [0.2, 0.25) is 0 Å². The van der Waals surface area contributed by atoms with Gasteiger partial charge in [0.1, 0.15) is 0 Å². The molecule has 0 radical (unpaired) electrons. The van der Waals surface area contributed by atoms with Crippen LogP contribution in [-0.4, -0.2) is 26.8 Å².